The second-order valence-electron chi connectivity index (χ2n) is 8.48. The number of non-ortho nitro benzene ring substituents is 1. The largest absolute Gasteiger partial charge is 0.462 e. The highest BCUT2D eigenvalue weighted by Crippen LogP contribution is 2.30. The highest BCUT2D eigenvalue weighted by Gasteiger charge is 2.24. The number of benzene rings is 2. The topological polar surface area (TPSA) is 123 Å². The van der Waals surface area contributed by atoms with Gasteiger partial charge in [0.1, 0.15) is 0 Å². The molecular formula is C25H30N4O7. The molecule has 1 amide bonds. The molecule has 192 valence electrons. The molecule has 0 saturated carbocycles. The van der Waals surface area contributed by atoms with Gasteiger partial charge in [-0.1, -0.05) is 6.92 Å². The van der Waals surface area contributed by atoms with Crippen molar-refractivity contribution in [2.45, 2.75) is 13.3 Å². The second kappa shape index (κ2) is 11.8. The molecule has 0 aliphatic carbocycles. The van der Waals surface area contributed by atoms with Gasteiger partial charge in [0, 0.05) is 44.0 Å². The number of hydrogen-bond acceptors (Lipinski definition) is 9. The lowest BCUT2D eigenvalue weighted by Crippen LogP contribution is -2.37. The number of nitrogens with one attached hydrogen (secondary N) is 1. The van der Waals surface area contributed by atoms with E-state index in [-0.39, 0.29) is 17.9 Å². The summed E-state index contributed by atoms with van der Waals surface area (Å²) in [4.78, 5) is 41.1. The zero-order chi connectivity index (χ0) is 25.5. The monoisotopic (exact) mass is 498 g/mol. The zero-order valence-electron chi connectivity index (χ0n) is 20.2. The van der Waals surface area contributed by atoms with E-state index in [1.54, 1.807) is 24.3 Å². The number of nitro groups is 1. The van der Waals surface area contributed by atoms with Crippen LogP contribution in [-0.4, -0.2) is 76.0 Å². The van der Waals surface area contributed by atoms with Crippen LogP contribution in [0.25, 0.3) is 0 Å². The van der Waals surface area contributed by atoms with Crippen LogP contribution in [-0.2, 0) is 14.2 Å². The van der Waals surface area contributed by atoms with Crippen LogP contribution in [0.3, 0.4) is 0 Å². The van der Waals surface area contributed by atoms with Crippen LogP contribution in [0.1, 0.15) is 34.1 Å². The van der Waals surface area contributed by atoms with Crippen LogP contribution in [0.2, 0.25) is 0 Å². The number of rotatable bonds is 8. The Hall–Kier alpha value is -3.70. The highest BCUT2D eigenvalue weighted by molar-refractivity contribution is 6.09. The van der Waals surface area contributed by atoms with E-state index in [0.717, 1.165) is 0 Å². The number of esters is 1. The van der Waals surface area contributed by atoms with Gasteiger partial charge in [-0.15, -0.1) is 0 Å². The third kappa shape index (κ3) is 5.92. The first-order valence-electron chi connectivity index (χ1n) is 12.0. The van der Waals surface area contributed by atoms with E-state index in [1.165, 1.54) is 12.1 Å². The molecule has 0 aromatic heterocycles. The Bertz CT molecular complexity index is 1110. The van der Waals surface area contributed by atoms with Gasteiger partial charge in [0.25, 0.3) is 11.6 Å². The zero-order valence-corrected chi connectivity index (χ0v) is 20.2. The quantitative estimate of drug-likeness (QED) is 0.332. The van der Waals surface area contributed by atoms with Gasteiger partial charge in [-0.05, 0) is 30.7 Å². The van der Waals surface area contributed by atoms with Crippen molar-refractivity contribution in [3.05, 3.63) is 57.6 Å². The number of nitro benzene ring substituents is 1. The summed E-state index contributed by atoms with van der Waals surface area (Å²) in [5.41, 5.74) is 2.04. The normalized spacial score (nSPS) is 15.9. The summed E-state index contributed by atoms with van der Waals surface area (Å²) in [5, 5.41) is 14.2. The molecule has 0 radical (unpaired) electrons. The number of carbonyl (C=O) groups is 2. The van der Waals surface area contributed by atoms with Gasteiger partial charge in [-0.25, -0.2) is 4.79 Å². The Balaban J connectivity index is 1.64. The van der Waals surface area contributed by atoms with E-state index in [0.29, 0.717) is 81.7 Å². The third-order valence-corrected chi connectivity index (χ3v) is 6.05. The number of morpholine rings is 2. The molecule has 2 aromatic carbocycles. The number of nitrogens with zero attached hydrogens (tertiary/aromatic N) is 3. The average molecular weight is 499 g/mol. The Morgan fingerprint density at radius 1 is 0.944 bits per heavy atom. The summed E-state index contributed by atoms with van der Waals surface area (Å²) in [5.74, 6) is -0.981. The van der Waals surface area contributed by atoms with Crippen molar-refractivity contribution >= 4 is 34.6 Å². The molecular weight excluding hydrogens is 468 g/mol. The first-order chi connectivity index (χ1) is 17.5. The lowest BCUT2D eigenvalue weighted by molar-refractivity contribution is -0.384. The van der Waals surface area contributed by atoms with Crippen LogP contribution in [0, 0.1) is 10.1 Å². The maximum atomic E-state index is 13.4. The van der Waals surface area contributed by atoms with Crippen LogP contribution in [0.15, 0.2) is 36.4 Å². The smallest absolute Gasteiger partial charge is 0.340 e. The summed E-state index contributed by atoms with van der Waals surface area (Å²) in [6.07, 6.45) is 0.687. The minimum Gasteiger partial charge on any atom is -0.462 e. The van der Waals surface area contributed by atoms with Crippen LogP contribution in [0.5, 0.6) is 0 Å². The van der Waals surface area contributed by atoms with E-state index in [1.807, 2.05) is 11.8 Å². The van der Waals surface area contributed by atoms with Crippen molar-refractivity contribution in [3.63, 3.8) is 0 Å². The number of ether oxygens (including phenoxy) is 3. The van der Waals surface area contributed by atoms with Crippen LogP contribution < -0.4 is 15.1 Å². The average Bonchev–Trinajstić information content (AvgIpc) is 2.92. The van der Waals surface area contributed by atoms with E-state index >= 15 is 0 Å². The van der Waals surface area contributed by atoms with Gasteiger partial charge >= 0.3 is 5.97 Å². The second-order valence-corrected chi connectivity index (χ2v) is 8.48. The minimum absolute atomic E-state index is 0.177. The third-order valence-electron chi connectivity index (χ3n) is 6.05. The number of carbonyl (C=O) groups excluding carboxylic acids is 2. The van der Waals surface area contributed by atoms with Gasteiger partial charge in [0.15, 0.2) is 0 Å². The summed E-state index contributed by atoms with van der Waals surface area (Å²) >= 11 is 0. The van der Waals surface area contributed by atoms with Crippen molar-refractivity contribution in [2.75, 3.05) is 74.3 Å². The Labute approximate surface area is 209 Å². The predicted octanol–water partition coefficient (Wildman–Crippen LogP) is 3.09. The van der Waals surface area contributed by atoms with E-state index in [4.69, 9.17) is 14.2 Å². The maximum absolute atomic E-state index is 13.4. The lowest BCUT2D eigenvalue weighted by atomic mass is 10.1. The minimum atomic E-state index is -0.529. The molecule has 2 aliphatic heterocycles. The molecule has 1 N–H and O–H groups in total. The summed E-state index contributed by atoms with van der Waals surface area (Å²) in [6.45, 7) is 6.73. The molecule has 4 rings (SSSR count). The van der Waals surface area contributed by atoms with Gasteiger partial charge in [0.05, 0.1) is 60.5 Å². The summed E-state index contributed by atoms with van der Waals surface area (Å²) < 4.78 is 16.2. The molecule has 0 atom stereocenters. The predicted molar refractivity (Wildman–Crippen MR) is 134 cm³/mol. The molecule has 0 bridgehead atoms. The molecule has 0 spiro atoms. The molecule has 2 aromatic rings. The first-order valence-corrected chi connectivity index (χ1v) is 12.0. The number of hydrogen-bond donors (Lipinski definition) is 1. The van der Waals surface area contributed by atoms with Crippen molar-refractivity contribution < 1.29 is 28.7 Å². The molecule has 11 nitrogen and oxygen atoms in total. The molecule has 0 unspecified atom stereocenters. The Morgan fingerprint density at radius 2 is 1.53 bits per heavy atom. The highest BCUT2D eigenvalue weighted by atomic mass is 16.6. The molecule has 2 fully saturated rings. The number of anilines is 3. The standard InChI is InChI=1S/C25H30N4O7/c1-2-11-36-25(31)21-16-18(3-5-23(21)28-9-14-35-15-10-28)26-24(30)20-17-19(29(32)33)4-6-22(20)27-7-12-34-13-8-27/h3-6,16-17H,2,7-15H2,1H3,(H,26,30). The maximum Gasteiger partial charge on any atom is 0.340 e. The van der Waals surface area contributed by atoms with Gasteiger partial charge in [-0.3, -0.25) is 14.9 Å². The van der Waals surface area contributed by atoms with E-state index in [2.05, 4.69) is 10.2 Å². The van der Waals surface area contributed by atoms with Crippen molar-refractivity contribution in [1.82, 2.24) is 0 Å². The molecule has 2 aliphatic rings. The summed E-state index contributed by atoms with van der Waals surface area (Å²) in [6, 6.07) is 9.34. The van der Waals surface area contributed by atoms with Gasteiger partial charge < -0.3 is 29.3 Å². The van der Waals surface area contributed by atoms with Crippen LogP contribution in [0.4, 0.5) is 22.7 Å². The lowest BCUT2D eigenvalue weighted by Gasteiger charge is -2.31. The fourth-order valence-corrected chi connectivity index (χ4v) is 4.23. The van der Waals surface area contributed by atoms with E-state index < -0.39 is 16.8 Å². The van der Waals surface area contributed by atoms with Crippen LogP contribution >= 0.6 is 0 Å². The SMILES string of the molecule is CCCOC(=O)c1cc(NC(=O)c2cc([N+](=O)[O-])ccc2N2CCOCC2)ccc1N1CCOCC1. The number of amides is 1. The van der Waals surface area contributed by atoms with Gasteiger partial charge in [-0.2, -0.15) is 0 Å². The molecule has 2 heterocycles. The van der Waals surface area contributed by atoms with Crippen molar-refractivity contribution in [1.29, 1.82) is 0 Å². The molecule has 2 saturated heterocycles. The molecule has 36 heavy (non-hydrogen) atoms. The fraction of sp³-hybridized carbons (Fsp3) is 0.440. The van der Waals surface area contributed by atoms with Crippen molar-refractivity contribution in [3.8, 4) is 0 Å². The van der Waals surface area contributed by atoms with Gasteiger partial charge in [0.2, 0.25) is 0 Å². The fourth-order valence-electron chi connectivity index (χ4n) is 4.23. The Kier molecular flexibility index (Phi) is 8.34. The summed E-state index contributed by atoms with van der Waals surface area (Å²) in [7, 11) is 0. The Morgan fingerprint density at radius 3 is 2.11 bits per heavy atom. The first kappa shape index (κ1) is 25.4. The van der Waals surface area contributed by atoms with Crippen molar-refractivity contribution in [2.24, 2.45) is 0 Å². The van der Waals surface area contributed by atoms with E-state index in [9.17, 15) is 19.7 Å². The molecule has 11 heteroatoms.